The van der Waals surface area contributed by atoms with Crippen LogP contribution in [0.4, 0.5) is 5.13 Å². The molecule has 0 aromatic carbocycles. The third-order valence-electron chi connectivity index (χ3n) is 2.03. The summed E-state index contributed by atoms with van der Waals surface area (Å²) in [4.78, 5) is 13.6. The zero-order valence-electron chi connectivity index (χ0n) is 9.28. The van der Waals surface area contributed by atoms with Crippen LogP contribution in [0.1, 0.15) is 18.9 Å². The summed E-state index contributed by atoms with van der Waals surface area (Å²) in [5, 5.41) is 11.8. The van der Waals surface area contributed by atoms with Crippen LogP contribution in [-0.4, -0.2) is 40.6 Å². The second-order valence-electron chi connectivity index (χ2n) is 3.14. The lowest BCUT2D eigenvalue weighted by atomic mass is 10.4. The Bertz CT molecular complexity index is 322. The second kappa shape index (κ2) is 5.77. The van der Waals surface area contributed by atoms with Gasteiger partial charge in [-0.2, -0.15) is 0 Å². The molecule has 1 N–H and O–H groups in total. The van der Waals surface area contributed by atoms with Crippen molar-refractivity contribution < 1.29 is 4.79 Å². The first-order valence-electron chi connectivity index (χ1n) is 4.98. The minimum atomic E-state index is -0.0325. The summed E-state index contributed by atoms with van der Waals surface area (Å²) in [7, 11) is 0. The molecule has 6 heteroatoms. The van der Waals surface area contributed by atoms with E-state index in [2.05, 4.69) is 15.5 Å². The number of hydrogen-bond donors (Lipinski definition) is 1. The Hall–Kier alpha value is -1.01. The Morgan fingerprint density at radius 3 is 2.53 bits per heavy atom. The van der Waals surface area contributed by atoms with E-state index >= 15 is 0 Å². The normalized spacial score (nSPS) is 10.7. The van der Waals surface area contributed by atoms with E-state index in [9.17, 15) is 4.79 Å². The van der Waals surface area contributed by atoms with Gasteiger partial charge in [0.1, 0.15) is 5.01 Å². The van der Waals surface area contributed by atoms with Gasteiger partial charge in [-0.15, -0.1) is 10.2 Å². The molecular weight excluding hydrogens is 212 g/mol. The standard InChI is InChI=1S/C9H16N4OS/c1-4-13(5-2)6-8(14)10-9-12-11-7(3)15-9/h4-6H2,1-3H3,(H,10,12,14). The molecule has 1 aromatic rings. The van der Waals surface area contributed by atoms with E-state index in [1.807, 2.05) is 25.7 Å². The number of nitrogens with zero attached hydrogens (tertiary/aromatic N) is 3. The van der Waals surface area contributed by atoms with Gasteiger partial charge in [-0.3, -0.25) is 15.0 Å². The highest BCUT2D eigenvalue weighted by atomic mass is 32.1. The molecule has 0 saturated carbocycles. The lowest BCUT2D eigenvalue weighted by molar-refractivity contribution is -0.117. The number of aryl methyl sites for hydroxylation is 1. The second-order valence-corrected chi connectivity index (χ2v) is 4.32. The summed E-state index contributed by atoms with van der Waals surface area (Å²) in [5.41, 5.74) is 0. The van der Waals surface area contributed by atoms with Gasteiger partial charge in [0.2, 0.25) is 11.0 Å². The van der Waals surface area contributed by atoms with Gasteiger partial charge in [0.15, 0.2) is 0 Å². The molecule has 0 radical (unpaired) electrons. The van der Waals surface area contributed by atoms with Crippen LogP contribution >= 0.6 is 11.3 Å². The number of nitrogens with one attached hydrogen (secondary N) is 1. The number of hydrogen-bond acceptors (Lipinski definition) is 5. The van der Waals surface area contributed by atoms with Crippen LogP contribution in [0.2, 0.25) is 0 Å². The van der Waals surface area contributed by atoms with Gasteiger partial charge in [-0.05, 0) is 20.0 Å². The minimum absolute atomic E-state index is 0.0325. The maximum atomic E-state index is 11.5. The van der Waals surface area contributed by atoms with Crippen LogP contribution in [0.15, 0.2) is 0 Å². The van der Waals surface area contributed by atoms with Crippen molar-refractivity contribution in [3.63, 3.8) is 0 Å². The third-order valence-corrected chi connectivity index (χ3v) is 2.79. The molecule has 1 rings (SSSR count). The molecule has 0 spiro atoms. The van der Waals surface area contributed by atoms with Crippen molar-refractivity contribution in [2.45, 2.75) is 20.8 Å². The molecule has 0 bridgehead atoms. The first-order chi connectivity index (χ1) is 7.15. The summed E-state index contributed by atoms with van der Waals surface area (Å²) in [6.07, 6.45) is 0. The molecule has 0 aliphatic carbocycles. The van der Waals surface area contributed by atoms with Gasteiger partial charge in [0, 0.05) is 0 Å². The topological polar surface area (TPSA) is 58.1 Å². The number of rotatable bonds is 5. The quantitative estimate of drug-likeness (QED) is 0.820. The number of carbonyl (C=O) groups excluding carboxylic acids is 1. The summed E-state index contributed by atoms with van der Waals surface area (Å²) >= 11 is 1.39. The zero-order valence-corrected chi connectivity index (χ0v) is 10.1. The van der Waals surface area contributed by atoms with E-state index < -0.39 is 0 Å². The molecular formula is C9H16N4OS. The Morgan fingerprint density at radius 1 is 1.40 bits per heavy atom. The molecule has 0 fully saturated rings. The predicted octanol–water partition coefficient (Wildman–Crippen LogP) is 1.13. The summed E-state index contributed by atoms with van der Waals surface area (Å²) < 4.78 is 0. The van der Waals surface area contributed by atoms with E-state index in [0.717, 1.165) is 18.1 Å². The van der Waals surface area contributed by atoms with E-state index in [4.69, 9.17) is 0 Å². The molecule has 0 unspecified atom stereocenters. The smallest absolute Gasteiger partial charge is 0.240 e. The van der Waals surface area contributed by atoms with Crippen molar-refractivity contribution in [2.24, 2.45) is 0 Å². The van der Waals surface area contributed by atoms with Crippen molar-refractivity contribution in [2.75, 3.05) is 25.0 Å². The Morgan fingerprint density at radius 2 is 2.07 bits per heavy atom. The van der Waals surface area contributed by atoms with Crippen molar-refractivity contribution >= 4 is 22.4 Å². The number of amides is 1. The van der Waals surface area contributed by atoms with Crippen LogP contribution in [0.5, 0.6) is 0 Å². The van der Waals surface area contributed by atoms with Crippen molar-refractivity contribution in [3.8, 4) is 0 Å². The van der Waals surface area contributed by atoms with Gasteiger partial charge < -0.3 is 0 Å². The molecule has 1 heterocycles. The molecule has 1 amide bonds. The van der Waals surface area contributed by atoms with Gasteiger partial charge in [-0.1, -0.05) is 25.2 Å². The molecule has 0 aliphatic rings. The summed E-state index contributed by atoms with van der Waals surface area (Å²) in [5.74, 6) is -0.0325. The fourth-order valence-corrected chi connectivity index (χ4v) is 1.76. The first-order valence-corrected chi connectivity index (χ1v) is 5.79. The Kier molecular flexibility index (Phi) is 4.64. The summed E-state index contributed by atoms with van der Waals surface area (Å²) in [6.45, 7) is 8.08. The van der Waals surface area contributed by atoms with Gasteiger partial charge in [0.25, 0.3) is 0 Å². The first kappa shape index (κ1) is 12.1. The van der Waals surface area contributed by atoms with Gasteiger partial charge in [0.05, 0.1) is 6.54 Å². The SMILES string of the molecule is CCN(CC)CC(=O)Nc1nnc(C)s1. The van der Waals surface area contributed by atoms with Crippen LogP contribution in [0.3, 0.4) is 0 Å². The lowest BCUT2D eigenvalue weighted by Crippen LogP contribution is -2.32. The fourth-order valence-electron chi connectivity index (χ4n) is 1.16. The van der Waals surface area contributed by atoms with Crippen LogP contribution in [-0.2, 0) is 4.79 Å². The van der Waals surface area contributed by atoms with Crippen molar-refractivity contribution in [1.29, 1.82) is 0 Å². The van der Waals surface area contributed by atoms with Gasteiger partial charge >= 0.3 is 0 Å². The molecule has 1 aromatic heterocycles. The van der Waals surface area contributed by atoms with Crippen molar-refractivity contribution in [3.05, 3.63) is 5.01 Å². The largest absolute Gasteiger partial charge is 0.299 e. The lowest BCUT2D eigenvalue weighted by Gasteiger charge is -2.16. The average Bonchev–Trinajstić information content (AvgIpc) is 2.60. The number of likely N-dealkylation sites (N-methyl/N-ethyl adjacent to an activating group) is 1. The molecule has 15 heavy (non-hydrogen) atoms. The maximum Gasteiger partial charge on any atom is 0.240 e. The van der Waals surface area contributed by atoms with Crippen molar-refractivity contribution in [1.82, 2.24) is 15.1 Å². The highest BCUT2D eigenvalue weighted by molar-refractivity contribution is 7.15. The van der Waals surface area contributed by atoms with E-state index in [0.29, 0.717) is 11.7 Å². The highest BCUT2D eigenvalue weighted by Crippen LogP contribution is 2.13. The minimum Gasteiger partial charge on any atom is -0.299 e. The predicted molar refractivity (Wildman–Crippen MR) is 61.1 cm³/mol. The molecule has 5 nitrogen and oxygen atoms in total. The van der Waals surface area contributed by atoms with E-state index in [1.54, 1.807) is 0 Å². The van der Waals surface area contributed by atoms with Crippen LogP contribution in [0, 0.1) is 6.92 Å². The van der Waals surface area contributed by atoms with Crippen LogP contribution < -0.4 is 5.32 Å². The summed E-state index contributed by atoms with van der Waals surface area (Å²) in [6, 6.07) is 0. The molecule has 0 saturated heterocycles. The number of aromatic nitrogens is 2. The Labute approximate surface area is 93.5 Å². The Balaban J connectivity index is 2.42. The average molecular weight is 228 g/mol. The van der Waals surface area contributed by atoms with E-state index in [1.165, 1.54) is 11.3 Å². The highest BCUT2D eigenvalue weighted by Gasteiger charge is 2.09. The zero-order chi connectivity index (χ0) is 11.3. The third kappa shape index (κ3) is 3.93. The maximum absolute atomic E-state index is 11.5. The molecule has 84 valence electrons. The molecule has 0 aliphatic heterocycles. The van der Waals surface area contributed by atoms with E-state index in [-0.39, 0.29) is 5.91 Å². The van der Waals surface area contributed by atoms with Gasteiger partial charge in [-0.25, -0.2) is 0 Å². The van der Waals surface area contributed by atoms with Crippen LogP contribution in [0.25, 0.3) is 0 Å². The fraction of sp³-hybridized carbons (Fsp3) is 0.667. The number of carbonyl (C=O) groups is 1. The number of anilines is 1. The monoisotopic (exact) mass is 228 g/mol. The molecule has 0 atom stereocenters.